The Morgan fingerprint density at radius 1 is 1.04 bits per heavy atom. The van der Waals surface area contributed by atoms with Gasteiger partial charge in [0, 0.05) is 45.7 Å². The maximum absolute atomic E-state index is 12.3. The van der Waals surface area contributed by atoms with Crippen molar-refractivity contribution < 1.29 is 9.21 Å². The molecule has 0 saturated carbocycles. The summed E-state index contributed by atoms with van der Waals surface area (Å²) >= 11 is 0. The second-order valence-corrected chi connectivity index (χ2v) is 6.15. The summed E-state index contributed by atoms with van der Waals surface area (Å²) in [5.41, 5.74) is 1.33. The van der Waals surface area contributed by atoms with Crippen molar-refractivity contribution in [3.63, 3.8) is 0 Å². The highest BCUT2D eigenvalue weighted by atomic mass is 16.3. The molecule has 2 heterocycles. The lowest BCUT2D eigenvalue weighted by molar-refractivity contribution is -0.132. The lowest BCUT2D eigenvalue weighted by Crippen LogP contribution is -2.48. The minimum Gasteiger partial charge on any atom is -0.468 e. The van der Waals surface area contributed by atoms with Crippen LogP contribution in [0.5, 0.6) is 0 Å². The minimum atomic E-state index is 0.237. The van der Waals surface area contributed by atoms with Gasteiger partial charge in [-0.2, -0.15) is 0 Å². The average molecular weight is 327 g/mol. The van der Waals surface area contributed by atoms with Crippen molar-refractivity contribution in [1.82, 2.24) is 15.1 Å². The highest BCUT2D eigenvalue weighted by Crippen LogP contribution is 2.09. The Kier molecular flexibility index (Phi) is 6.04. The fraction of sp³-hybridized carbons (Fsp3) is 0.421. The Morgan fingerprint density at radius 2 is 1.83 bits per heavy atom. The molecule has 1 saturated heterocycles. The summed E-state index contributed by atoms with van der Waals surface area (Å²) in [6.45, 7) is 5.86. The number of piperazine rings is 1. The molecule has 1 aromatic heterocycles. The van der Waals surface area contributed by atoms with Crippen LogP contribution in [0.2, 0.25) is 0 Å². The zero-order valence-corrected chi connectivity index (χ0v) is 14.0. The van der Waals surface area contributed by atoms with E-state index in [1.54, 1.807) is 6.26 Å². The van der Waals surface area contributed by atoms with Crippen LogP contribution in [0.4, 0.5) is 0 Å². The van der Waals surface area contributed by atoms with Gasteiger partial charge < -0.3 is 14.6 Å². The molecule has 128 valence electrons. The van der Waals surface area contributed by atoms with E-state index in [0.717, 1.165) is 38.5 Å². The third kappa shape index (κ3) is 4.94. The van der Waals surface area contributed by atoms with Gasteiger partial charge in [0.1, 0.15) is 5.76 Å². The summed E-state index contributed by atoms with van der Waals surface area (Å²) in [5.74, 6) is 1.14. The van der Waals surface area contributed by atoms with Gasteiger partial charge in [-0.1, -0.05) is 30.3 Å². The number of nitrogens with one attached hydrogen (secondary N) is 1. The molecule has 1 aliphatic rings. The molecule has 1 N–H and O–H groups in total. The number of carbonyl (C=O) groups is 1. The van der Waals surface area contributed by atoms with Crippen LogP contribution < -0.4 is 5.32 Å². The van der Waals surface area contributed by atoms with Gasteiger partial charge >= 0.3 is 0 Å². The maximum Gasteiger partial charge on any atom is 0.223 e. The second-order valence-electron chi connectivity index (χ2n) is 6.15. The quantitative estimate of drug-likeness (QED) is 0.791. The first-order valence-corrected chi connectivity index (χ1v) is 8.58. The highest BCUT2D eigenvalue weighted by molar-refractivity contribution is 5.76. The number of hydrogen-bond donors (Lipinski definition) is 1. The molecule has 0 bridgehead atoms. The van der Waals surface area contributed by atoms with E-state index < -0.39 is 0 Å². The molecule has 1 fully saturated rings. The molecule has 0 unspecified atom stereocenters. The van der Waals surface area contributed by atoms with Crippen molar-refractivity contribution in [2.75, 3.05) is 32.7 Å². The predicted octanol–water partition coefficient (Wildman–Crippen LogP) is 2.10. The molecule has 24 heavy (non-hydrogen) atoms. The van der Waals surface area contributed by atoms with E-state index in [-0.39, 0.29) is 5.91 Å². The van der Waals surface area contributed by atoms with E-state index in [0.29, 0.717) is 19.5 Å². The molecular formula is C19H25N3O2. The molecule has 0 aliphatic carbocycles. The normalized spacial score (nSPS) is 15.6. The minimum absolute atomic E-state index is 0.237. The fourth-order valence-corrected chi connectivity index (χ4v) is 2.98. The first-order valence-electron chi connectivity index (χ1n) is 8.58. The molecule has 1 aromatic carbocycles. The molecule has 1 aliphatic heterocycles. The molecule has 5 nitrogen and oxygen atoms in total. The van der Waals surface area contributed by atoms with Crippen molar-refractivity contribution in [1.29, 1.82) is 0 Å². The molecule has 0 radical (unpaired) electrons. The van der Waals surface area contributed by atoms with Crippen LogP contribution in [0.15, 0.2) is 53.1 Å². The lowest BCUT2D eigenvalue weighted by atomic mass is 10.2. The summed E-state index contributed by atoms with van der Waals surface area (Å²) in [5, 5.41) is 3.25. The molecule has 0 atom stereocenters. The van der Waals surface area contributed by atoms with Crippen molar-refractivity contribution in [3.05, 3.63) is 60.1 Å². The summed E-state index contributed by atoms with van der Waals surface area (Å²) in [7, 11) is 0. The van der Waals surface area contributed by atoms with Crippen molar-refractivity contribution in [3.8, 4) is 0 Å². The zero-order chi connectivity index (χ0) is 16.6. The van der Waals surface area contributed by atoms with Crippen LogP contribution in [0.25, 0.3) is 0 Å². The van der Waals surface area contributed by atoms with Crippen molar-refractivity contribution >= 4 is 5.91 Å². The number of nitrogens with zero attached hydrogens (tertiary/aromatic N) is 2. The van der Waals surface area contributed by atoms with Gasteiger partial charge in [-0.25, -0.2) is 0 Å². The monoisotopic (exact) mass is 327 g/mol. The zero-order valence-electron chi connectivity index (χ0n) is 14.0. The van der Waals surface area contributed by atoms with Crippen molar-refractivity contribution in [2.24, 2.45) is 0 Å². The van der Waals surface area contributed by atoms with Crippen LogP contribution in [0, 0.1) is 0 Å². The topological polar surface area (TPSA) is 48.7 Å². The van der Waals surface area contributed by atoms with Crippen LogP contribution >= 0.6 is 0 Å². The van der Waals surface area contributed by atoms with Gasteiger partial charge in [-0.15, -0.1) is 0 Å². The van der Waals surface area contributed by atoms with Gasteiger partial charge in [0.05, 0.1) is 12.8 Å². The number of benzene rings is 1. The van der Waals surface area contributed by atoms with E-state index in [1.807, 2.05) is 23.1 Å². The number of furan rings is 1. The Morgan fingerprint density at radius 3 is 2.54 bits per heavy atom. The average Bonchev–Trinajstić information content (AvgIpc) is 3.13. The summed E-state index contributed by atoms with van der Waals surface area (Å²) in [6, 6.07) is 14.3. The number of carbonyl (C=O) groups excluding carboxylic acids is 1. The second kappa shape index (κ2) is 8.66. The van der Waals surface area contributed by atoms with Gasteiger partial charge in [-0.3, -0.25) is 9.69 Å². The number of amides is 1. The largest absolute Gasteiger partial charge is 0.468 e. The first-order chi connectivity index (χ1) is 11.8. The van der Waals surface area contributed by atoms with E-state index in [4.69, 9.17) is 4.42 Å². The van der Waals surface area contributed by atoms with Crippen molar-refractivity contribution in [2.45, 2.75) is 19.5 Å². The van der Waals surface area contributed by atoms with Crippen LogP contribution in [-0.2, 0) is 17.9 Å². The van der Waals surface area contributed by atoms with E-state index >= 15 is 0 Å². The molecule has 1 amide bonds. The molecule has 0 spiro atoms. The van der Waals surface area contributed by atoms with E-state index in [9.17, 15) is 4.79 Å². The predicted molar refractivity (Wildman–Crippen MR) is 93.3 cm³/mol. The maximum atomic E-state index is 12.3. The van der Waals surface area contributed by atoms with Gasteiger partial charge in [0.2, 0.25) is 5.91 Å². The Hall–Kier alpha value is -2.11. The molecule has 5 heteroatoms. The fourth-order valence-electron chi connectivity index (χ4n) is 2.98. The Bertz CT molecular complexity index is 605. The van der Waals surface area contributed by atoms with Gasteiger partial charge in [-0.05, 0) is 17.7 Å². The van der Waals surface area contributed by atoms with Crippen LogP contribution in [0.3, 0.4) is 0 Å². The van der Waals surface area contributed by atoms with Gasteiger partial charge in [0.25, 0.3) is 0 Å². The standard InChI is InChI=1S/C19H25N3O2/c23-19(8-9-20-15-18-7-4-14-24-18)22-12-10-21(11-13-22)16-17-5-2-1-3-6-17/h1-7,14,20H,8-13,15-16H2. The number of hydrogen-bond acceptors (Lipinski definition) is 4. The summed E-state index contributed by atoms with van der Waals surface area (Å²) in [4.78, 5) is 16.7. The van der Waals surface area contributed by atoms with E-state index in [2.05, 4.69) is 34.5 Å². The van der Waals surface area contributed by atoms with Crippen LogP contribution in [0.1, 0.15) is 17.7 Å². The van der Waals surface area contributed by atoms with Gasteiger partial charge in [0.15, 0.2) is 0 Å². The smallest absolute Gasteiger partial charge is 0.223 e. The molecular weight excluding hydrogens is 302 g/mol. The third-order valence-corrected chi connectivity index (χ3v) is 4.37. The number of rotatable bonds is 7. The van der Waals surface area contributed by atoms with E-state index in [1.165, 1.54) is 5.56 Å². The molecule has 3 rings (SSSR count). The first kappa shape index (κ1) is 16.7. The third-order valence-electron chi connectivity index (χ3n) is 4.37. The summed E-state index contributed by atoms with van der Waals surface area (Å²) < 4.78 is 5.25. The Labute approximate surface area is 143 Å². The summed E-state index contributed by atoms with van der Waals surface area (Å²) in [6.07, 6.45) is 2.20. The molecule has 2 aromatic rings. The lowest BCUT2D eigenvalue weighted by Gasteiger charge is -2.34. The van der Waals surface area contributed by atoms with Crippen LogP contribution in [-0.4, -0.2) is 48.4 Å². The SMILES string of the molecule is O=C(CCNCc1ccco1)N1CCN(Cc2ccccc2)CC1. The highest BCUT2D eigenvalue weighted by Gasteiger charge is 2.20. The Balaban J connectivity index is 1.33.